The van der Waals surface area contributed by atoms with Gasteiger partial charge >= 0.3 is 6.03 Å². The average Bonchev–Trinajstić information content (AvgIpc) is 2.24. The summed E-state index contributed by atoms with van der Waals surface area (Å²) in [6.45, 7) is 5.59. The zero-order valence-corrected chi connectivity index (χ0v) is 10.8. The van der Waals surface area contributed by atoms with Gasteiger partial charge in [0.2, 0.25) is 0 Å². The highest BCUT2D eigenvalue weighted by molar-refractivity contribution is 5.89. The molecule has 0 bridgehead atoms. The van der Waals surface area contributed by atoms with E-state index in [0.29, 0.717) is 5.69 Å². The number of carbonyl (C=O) groups is 1. The summed E-state index contributed by atoms with van der Waals surface area (Å²) < 4.78 is 12.9. The molecule has 0 fully saturated rings. The lowest BCUT2D eigenvalue weighted by atomic mass is 9.87. The zero-order valence-electron chi connectivity index (χ0n) is 10.8. The highest BCUT2D eigenvalue weighted by Gasteiger charge is 2.25. The lowest BCUT2D eigenvalue weighted by Crippen LogP contribution is -2.47. The van der Waals surface area contributed by atoms with Crippen molar-refractivity contribution in [3.63, 3.8) is 0 Å². The molecule has 5 heteroatoms. The van der Waals surface area contributed by atoms with Gasteiger partial charge < -0.3 is 15.7 Å². The Labute approximate surface area is 106 Å². The second kappa shape index (κ2) is 5.82. The minimum absolute atomic E-state index is 0.153. The van der Waals surface area contributed by atoms with E-state index in [1.165, 1.54) is 18.2 Å². The molecule has 2 amide bonds. The van der Waals surface area contributed by atoms with E-state index in [1.807, 2.05) is 20.8 Å². The summed E-state index contributed by atoms with van der Waals surface area (Å²) >= 11 is 0. The van der Waals surface area contributed by atoms with Gasteiger partial charge in [-0.2, -0.15) is 0 Å². The molecule has 100 valence electrons. The zero-order chi connectivity index (χ0) is 13.8. The van der Waals surface area contributed by atoms with Crippen LogP contribution in [0.3, 0.4) is 0 Å². The molecule has 18 heavy (non-hydrogen) atoms. The van der Waals surface area contributed by atoms with E-state index in [9.17, 15) is 14.3 Å². The van der Waals surface area contributed by atoms with E-state index >= 15 is 0 Å². The molecule has 4 nitrogen and oxygen atoms in total. The van der Waals surface area contributed by atoms with Crippen LogP contribution in [0.4, 0.5) is 14.9 Å². The van der Waals surface area contributed by atoms with Crippen LogP contribution < -0.4 is 10.6 Å². The molecule has 1 aromatic rings. The van der Waals surface area contributed by atoms with Gasteiger partial charge in [-0.25, -0.2) is 9.18 Å². The Hall–Kier alpha value is -1.62. The lowest BCUT2D eigenvalue weighted by Gasteiger charge is -2.29. The number of carbonyl (C=O) groups excluding carboxylic acids is 1. The maximum Gasteiger partial charge on any atom is 0.319 e. The fourth-order valence-corrected chi connectivity index (χ4v) is 1.43. The standard InChI is InChI=1S/C13H19FN2O2/c1-13(2,3)11(8-17)16-12(18)15-10-6-4-5-9(14)7-10/h4-7,11,17H,8H2,1-3H3,(H2,15,16,18). The van der Waals surface area contributed by atoms with Crippen molar-refractivity contribution in [3.05, 3.63) is 30.1 Å². The van der Waals surface area contributed by atoms with Crippen molar-refractivity contribution in [2.24, 2.45) is 5.41 Å². The highest BCUT2D eigenvalue weighted by atomic mass is 19.1. The van der Waals surface area contributed by atoms with Crippen molar-refractivity contribution in [1.82, 2.24) is 5.32 Å². The molecule has 3 N–H and O–H groups in total. The highest BCUT2D eigenvalue weighted by Crippen LogP contribution is 2.19. The normalized spacial score (nSPS) is 12.9. The number of hydrogen-bond donors (Lipinski definition) is 3. The number of anilines is 1. The van der Waals surface area contributed by atoms with Crippen LogP contribution in [0.5, 0.6) is 0 Å². The summed E-state index contributed by atoms with van der Waals surface area (Å²) in [6.07, 6.45) is 0. The van der Waals surface area contributed by atoms with Gasteiger partial charge in [0.15, 0.2) is 0 Å². The number of urea groups is 1. The number of aliphatic hydroxyl groups excluding tert-OH is 1. The van der Waals surface area contributed by atoms with Crippen LogP contribution in [0, 0.1) is 11.2 Å². The second-order valence-corrected chi connectivity index (χ2v) is 5.21. The fourth-order valence-electron chi connectivity index (χ4n) is 1.43. The Morgan fingerprint density at radius 1 is 1.44 bits per heavy atom. The maximum atomic E-state index is 12.9. The Morgan fingerprint density at radius 2 is 2.11 bits per heavy atom. The molecule has 1 rings (SSSR count). The molecule has 0 spiro atoms. The fraction of sp³-hybridized carbons (Fsp3) is 0.462. The third kappa shape index (κ3) is 4.33. The van der Waals surface area contributed by atoms with Gasteiger partial charge in [-0.15, -0.1) is 0 Å². The average molecular weight is 254 g/mol. The van der Waals surface area contributed by atoms with Crippen molar-refractivity contribution >= 4 is 11.7 Å². The monoisotopic (exact) mass is 254 g/mol. The lowest BCUT2D eigenvalue weighted by molar-refractivity contribution is 0.162. The van der Waals surface area contributed by atoms with Gasteiger partial charge in [0.1, 0.15) is 5.82 Å². The number of halogens is 1. The first-order valence-corrected chi connectivity index (χ1v) is 5.77. The third-order valence-corrected chi connectivity index (χ3v) is 2.62. The number of nitrogens with one attached hydrogen (secondary N) is 2. The van der Waals surface area contributed by atoms with Gasteiger partial charge in [0.25, 0.3) is 0 Å². The molecule has 1 atom stereocenters. The number of benzene rings is 1. The predicted octanol–water partition coefficient (Wildman–Crippen LogP) is 2.35. The molecule has 0 saturated heterocycles. The van der Waals surface area contributed by atoms with E-state index < -0.39 is 11.8 Å². The van der Waals surface area contributed by atoms with Crippen LogP contribution in [-0.4, -0.2) is 23.8 Å². The van der Waals surface area contributed by atoms with Crippen molar-refractivity contribution in [2.45, 2.75) is 26.8 Å². The van der Waals surface area contributed by atoms with Crippen LogP contribution in [0.15, 0.2) is 24.3 Å². The third-order valence-electron chi connectivity index (χ3n) is 2.62. The largest absolute Gasteiger partial charge is 0.394 e. The molecule has 0 aliphatic rings. The van der Waals surface area contributed by atoms with E-state index in [0.717, 1.165) is 0 Å². The molecule has 0 saturated carbocycles. The molecular formula is C13H19FN2O2. The van der Waals surface area contributed by atoms with Crippen LogP contribution in [0.2, 0.25) is 0 Å². The van der Waals surface area contributed by atoms with Crippen molar-refractivity contribution in [1.29, 1.82) is 0 Å². The number of hydrogen-bond acceptors (Lipinski definition) is 2. The Balaban J connectivity index is 2.61. The first-order chi connectivity index (χ1) is 8.32. The summed E-state index contributed by atoms with van der Waals surface area (Å²) in [5.74, 6) is -0.415. The predicted molar refractivity (Wildman–Crippen MR) is 68.9 cm³/mol. The summed E-state index contributed by atoms with van der Waals surface area (Å²) in [6, 6.07) is 4.80. The topological polar surface area (TPSA) is 61.4 Å². The Morgan fingerprint density at radius 3 is 2.61 bits per heavy atom. The molecule has 1 unspecified atom stereocenters. The number of aliphatic hydroxyl groups is 1. The van der Waals surface area contributed by atoms with E-state index in [2.05, 4.69) is 10.6 Å². The van der Waals surface area contributed by atoms with Gasteiger partial charge in [0.05, 0.1) is 12.6 Å². The van der Waals surface area contributed by atoms with E-state index in [1.54, 1.807) is 6.07 Å². The Bertz CT molecular complexity index is 416. The SMILES string of the molecule is CC(C)(C)C(CO)NC(=O)Nc1cccc(F)c1. The molecule has 0 aromatic heterocycles. The first kappa shape index (κ1) is 14.4. The molecule has 0 aliphatic carbocycles. The summed E-state index contributed by atoms with van der Waals surface area (Å²) in [7, 11) is 0. The quantitative estimate of drug-likeness (QED) is 0.775. The molecular weight excluding hydrogens is 235 g/mol. The smallest absolute Gasteiger partial charge is 0.319 e. The summed E-state index contributed by atoms with van der Waals surface area (Å²) in [5.41, 5.74) is 0.117. The van der Waals surface area contributed by atoms with Crippen LogP contribution in [-0.2, 0) is 0 Å². The van der Waals surface area contributed by atoms with E-state index in [-0.39, 0.29) is 18.1 Å². The number of amides is 2. The van der Waals surface area contributed by atoms with E-state index in [4.69, 9.17) is 0 Å². The summed E-state index contributed by atoms with van der Waals surface area (Å²) in [5, 5.41) is 14.4. The van der Waals surface area contributed by atoms with Crippen molar-refractivity contribution in [3.8, 4) is 0 Å². The molecule has 0 aliphatic heterocycles. The molecule has 0 heterocycles. The maximum absolute atomic E-state index is 12.9. The van der Waals surface area contributed by atoms with Crippen LogP contribution in [0.25, 0.3) is 0 Å². The van der Waals surface area contributed by atoms with Gasteiger partial charge in [-0.3, -0.25) is 0 Å². The molecule has 0 radical (unpaired) electrons. The number of rotatable bonds is 3. The van der Waals surface area contributed by atoms with Crippen LogP contribution >= 0.6 is 0 Å². The minimum atomic E-state index is -0.463. The first-order valence-electron chi connectivity index (χ1n) is 5.77. The van der Waals surface area contributed by atoms with Gasteiger partial charge in [-0.1, -0.05) is 26.8 Å². The second-order valence-electron chi connectivity index (χ2n) is 5.21. The van der Waals surface area contributed by atoms with Crippen LogP contribution in [0.1, 0.15) is 20.8 Å². The molecule has 1 aromatic carbocycles. The Kier molecular flexibility index (Phi) is 4.67. The van der Waals surface area contributed by atoms with Crippen molar-refractivity contribution in [2.75, 3.05) is 11.9 Å². The van der Waals surface area contributed by atoms with Gasteiger partial charge in [0, 0.05) is 5.69 Å². The summed E-state index contributed by atoms with van der Waals surface area (Å²) in [4.78, 5) is 11.7. The minimum Gasteiger partial charge on any atom is -0.394 e. The van der Waals surface area contributed by atoms with Gasteiger partial charge in [-0.05, 0) is 23.6 Å². The van der Waals surface area contributed by atoms with Crippen molar-refractivity contribution < 1.29 is 14.3 Å².